The van der Waals surface area contributed by atoms with Gasteiger partial charge < -0.3 is 15.3 Å². The van der Waals surface area contributed by atoms with E-state index in [-0.39, 0.29) is 38.9 Å². The third-order valence-electron chi connectivity index (χ3n) is 3.24. The van der Waals surface area contributed by atoms with Crippen molar-refractivity contribution in [1.29, 1.82) is 0 Å². The summed E-state index contributed by atoms with van der Waals surface area (Å²) in [5.41, 5.74) is 5.24. The van der Waals surface area contributed by atoms with E-state index in [0.717, 1.165) is 11.3 Å². The fourth-order valence-corrected chi connectivity index (χ4v) is 2.62. The zero-order valence-corrected chi connectivity index (χ0v) is 15.4. The largest absolute Gasteiger partial charge is 0.476 e. The number of amides is 1. The van der Waals surface area contributed by atoms with Gasteiger partial charge in [-0.2, -0.15) is 0 Å². The Bertz CT molecular complexity index is 933. The van der Waals surface area contributed by atoms with Gasteiger partial charge in [-0.25, -0.2) is 9.78 Å². The van der Waals surface area contributed by atoms with E-state index in [1.54, 1.807) is 44.2 Å². The normalized spacial score (nSPS) is 10.2. The van der Waals surface area contributed by atoms with Gasteiger partial charge in [-0.05, 0) is 24.3 Å². The van der Waals surface area contributed by atoms with Gasteiger partial charge in [0.25, 0.3) is 0 Å². The first-order chi connectivity index (χ1) is 12.8. The number of carboxylic acid groups (broad SMARTS) is 1. The maximum atomic E-state index is 12.5. The van der Waals surface area contributed by atoms with Crippen LogP contribution in [0.15, 0.2) is 47.2 Å². The molecule has 0 aliphatic heterocycles. The van der Waals surface area contributed by atoms with Gasteiger partial charge in [-0.1, -0.05) is 19.9 Å². The van der Waals surface area contributed by atoms with Crippen LogP contribution in [0.3, 0.4) is 0 Å². The second-order valence-corrected chi connectivity index (χ2v) is 6.58. The van der Waals surface area contributed by atoms with Crippen molar-refractivity contribution >= 4 is 29.0 Å². The Labute approximate surface area is 158 Å². The van der Waals surface area contributed by atoms with Crippen LogP contribution in [0.5, 0.6) is 0 Å². The molecule has 8 nitrogen and oxygen atoms in total. The number of pyridine rings is 1. The minimum absolute atomic E-state index is 0.00926. The molecule has 3 heterocycles. The van der Waals surface area contributed by atoms with Crippen molar-refractivity contribution in [3.05, 3.63) is 58.4 Å². The number of primary amides is 1. The Kier molecular flexibility index (Phi) is 6.56. The second kappa shape index (κ2) is 8.86. The maximum Gasteiger partial charge on any atom is 0.365 e. The summed E-state index contributed by atoms with van der Waals surface area (Å²) in [4.78, 5) is 41.6. The number of rotatable bonds is 5. The second-order valence-electron chi connectivity index (χ2n) is 5.58. The van der Waals surface area contributed by atoms with Crippen molar-refractivity contribution in [1.82, 2.24) is 9.97 Å². The van der Waals surface area contributed by atoms with Crippen molar-refractivity contribution in [2.45, 2.75) is 13.8 Å². The maximum absolute atomic E-state index is 12.5. The first-order valence-electron chi connectivity index (χ1n) is 7.84. The number of hydrogen-bond donors (Lipinski definition) is 2. The third-order valence-corrected chi connectivity index (χ3v) is 4.28. The van der Waals surface area contributed by atoms with E-state index in [1.807, 2.05) is 0 Å². The van der Waals surface area contributed by atoms with Crippen LogP contribution in [-0.4, -0.2) is 32.7 Å². The summed E-state index contributed by atoms with van der Waals surface area (Å²) in [6, 6.07) is 8.21. The highest BCUT2D eigenvalue weighted by molar-refractivity contribution is 7.16. The molecule has 0 fully saturated rings. The van der Waals surface area contributed by atoms with Gasteiger partial charge in [-0.3, -0.25) is 14.6 Å². The van der Waals surface area contributed by atoms with Crippen molar-refractivity contribution in [2.75, 3.05) is 0 Å². The number of carbonyl (C=O) groups excluding carboxylic acids is 2. The number of ketones is 1. The first-order valence-corrected chi connectivity index (χ1v) is 8.66. The Morgan fingerprint density at radius 1 is 1.19 bits per heavy atom. The molecule has 1 amide bonds. The number of aromatic carboxylic acids is 1. The number of furan rings is 1. The number of thiazole rings is 1. The van der Waals surface area contributed by atoms with E-state index in [9.17, 15) is 14.4 Å². The summed E-state index contributed by atoms with van der Waals surface area (Å²) in [6.07, 6.45) is 2.93. The minimum atomic E-state index is -1.19. The number of carboxylic acids is 1. The standard InChI is InChI=1S/C14H8N2O4S.C4H9NO/c17-11(8-4-1-2-6-15-8)12-10(9-5-3-7-20-9)16-13(21-12)14(18)19;1-3(2)4(5)6/h1-7H,(H,18,19);3H,1-2H3,(H2,5,6). The molecule has 0 aromatic carbocycles. The molecule has 27 heavy (non-hydrogen) atoms. The molecule has 3 aromatic rings. The number of nitrogens with zero attached hydrogens (tertiary/aromatic N) is 2. The molecule has 0 aliphatic carbocycles. The first kappa shape index (κ1) is 20.0. The van der Waals surface area contributed by atoms with Gasteiger partial charge in [0, 0.05) is 12.1 Å². The number of carbonyl (C=O) groups is 3. The average molecular weight is 387 g/mol. The number of aromatic nitrogens is 2. The molecule has 0 atom stereocenters. The van der Waals surface area contributed by atoms with Gasteiger partial charge >= 0.3 is 5.97 Å². The Morgan fingerprint density at radius 3 is 2.37 bits per heavy atom. The molecule has 3 rings (SSSR count). The fraction of sp³-hybridized carbons (Fsp3) is 0.167. The van der Waals surface area contributed by atoms with Gasteiger partial charge in [0.05, 0.1) is 6.26 Å². The lowest BCUT2D eigenvalue weighted by atomic mass is 10.1. The van der Waals surface area contributed by atoms with Crippen molar-refractivity contribution in [3.63, 3.8) is 0 Å². The molecule has 3 N–H and O–H groups in total. The van der Waals surface area contributed by atoms with E-state index < -0.39 is 5.97 Å². The van der Waals surface area contributed by atoms with Crippen LogP contribution in [0.25, 0.3) is 11.5 Å². The highest BCUT2D eigenvalue weighted by Crippen LogP contribution is 2.30. The van der Waals surface area contributed by atoms with Gasteiger partial charge in [0.2, 0.25) is 16.7 Å². The zero-order valence-electron chi connectivity index (χ0n) is 14.6. The highest BCUT2D eigenvalue weighted by atomic mass is 32.1. The topological polar surface area (TPSA) is 136 Å². The van der Waals surface area contributed by atoms with E-state index in [0.29, 0.717) is 5.76 Å². The van der Waals surface area contributed by atoms with Gasteiger partial charge in [0.15, 0.2) is 5.76 Å². The molecule has 0 spiro atoms. The van der Waals surface area contributed by atoms with E-state index in [2.05, 4.69) is 9.97 Å². The van der Waals surface area contributed by atoms with Gasteiger partial charge in [-0.15, -0.1) is 11.3 Å². The predicted molar refractivity (Wildman–Crippen MR) is 98.5 cm³/mol. The molecule has 0 aliphatic rings. The van der Waals surface area contributed by atoms with Crippen LogP contribution >= 0.6 is 11.3 Å². The zero-order chi connectivity index (χ0) is 20.0. The molecule has 0 unspecified atom stereocenters. The summed E-state index contributed by atoms with van der Waals surface area (Å²) in [7, 11) is 0. The summed E-state index contributed by atoms with van der Waals surface area (Å²) in [5, 5.41) is 8.90. The Hall–Kier alpha value is -3.33. The summed E-state index contributed by atoms with van der Waals surface area (Å²) < 4.78 is 5.22. The minimum Gasteiger partial charge on any atom is -0.476 e. The summed E-state index contributed by atoms with van der Waals surface area (Å²) >= 11 is 0.809. The van der Waals surface area contributed by atoms with Crippen LogP contribution in [0.4, 0.5) is 0 Å². The molecule has 140 valence electrons. The Morgan fingerprint density at radius 2 is 1.89 bits per heavy atom. The fourth-order valence-electron chi connectivity index (χ4n) is 1.76. The molecule has 0 radical (unpaired) electrons. The number of nitrogens with two attached hydrogens (primary N) is 1. The van der Waals surface area contributed by atoms with E-state index in [1.165, 1.54) is 12.5 Å². The van der Waals surface area contributed by atoms with Crippen LogP contribution in [0.1, 0.15) is 39.0 Å². The van der Waals surface area contributed by atoms with Gasteiger partial charge in [0.1, 0.15) is 16.3 Å². The monoisotopic (exact) mass is 387 g/mol. The van der Waals surface area contributed by atoms with E-state index in [4.69, 9.17) is 15.3 Å². The van der Waals surface area contributed by atoms with Crippen LogP contribution in [0.2, 0.25) is 0 Å². The molecule has 3 aromatic heterocycles. The molecular weight excluding hydrogens is 370 g/mol. The van der Waals surface area contributed by atoms with Crippen LogP contribution in [-0.2, 0) is 4.79 Å². The lowest BCUT2D eigenvalue weighted by Gasteiger charge is -1.98. The lowest BCUT2D eigenvalue weighted by Crippen LogP contribution is -2.17. The molecule has 0 saturated heterocycles. The third kappa shape index (κ3) is 5.08. The Balaban J connectivity index is 0.000000380. The quantitative estimate of drug-likeness (QED) is 0.642. The predicted octanol–water partition coefficient (Wildman–Crippen LogP) is 2.86. The highest BCUT2D eigenvalue weighted by Gasteiger charge is 2.25. The van der Waals surface area contributed by atoms with Crippen molar-refractivity contribution < 1.29 is 23.9 Å². The summed E-state index contributed by atoms with van der Waals surface area (Å²) in [6.45, 7) is 3.53. The summed E-state index contributed by atoms with van der Waals surface area (Å²) in [5.74, 6) is -1.47. The van der Waals surface area contributed by atoms with Crippen molar-refractivity contribution in [2.24, 2.45) is 11.7 Å². The SMILES string of the molecule is CC(C)C(N)=O.O=C(O)c1nc(-c2ccco2)c(C(=O)c2ccccn2)s1. The molecule has 0 saturated carbocycles. The van der Waals surface area contributed by atoms with E-state index >= 15 is 0 Å². The molecule has 9 heteroatoms. The van der Waals surface area contributed by atoms with Crippen LogP contribution in [0, 0.1) is 5.92 Å². The molecular formula is C18H17N3O5S. The smallest absolute Gasteiger partial charge is 0.365 e. The lowest BCUT2D eigenvalue weighted by molar-refractivity contribution is -0.120. The average Bonchev–Trinajstić information content (AvgIpc) is 3.31. The molecule has 0 bridgehead atoms. The number of hydrogen-bond acceptors (Lipinski definition) is 7. The van der Waals surface area contributed by atoms with Crippen molar-refractivity contribution in [3.8, 4) is 11.5 Å². The van der Waals surface area contributed by atoms with Crippen LogP contribution < -0.4 is 5.73 Å².